The van der Waals surface area contributed by atoms with E-state index < -0.39 is 10.0 Å². The van der Waals surface area contributed by atoms with Crippen molar-refractivity contribution in [3.63, 3.8) is 0 Å². The third kappa shape index (κ3) is 5.62. The predicted molar refractivity (Wildman–Crippen MR) is 120 cm³/mol. The average Bonchev–Trinajstić information content (AvgIpc) is 2.80. The molecule has 1 N–H and O–H groups in total. The van der Waals surface area contributed by atoms with E-state index in [2.05, 4.69) is 5.32 Å². The van der Waals surface area contributed by atoms with Gasteiger partial charge in [0.2, 0.25) is 0 Å². The van der Waals surface area contributed by atoms with Crippen LogP contribution in [-0.4, -0.2) is 41.7 Å². The van der Waals surface area contributed by atoms with Crippen LogP contribution >= 0.6 is 0 Å². The van der Waals surface area contributed by atoms with E-state index in [4.69, 9.17) is 9.47 Å². The highest BCUT2D eigenvalue weighted by atomic mass is 32.2. The number of para-hydroxylation sites is 1. The summed E-state index contributed by atoms with van der Waals surface area (Å²) in [5, 5.41) is 2.76. The molecule has 0 radical (unpaired) electrons. The molecule has 0 aliphatic heterocycles. The first kappa shape index (κ1) is 22.3. The maximum absolute atomic E-state index is 12.8. The van der Waals surface area contributed by atoms with Crippen LogP contribution in [0.2, 0.25) is 0 Å². The molecule has 0 aliphatic rings. The molecule has 3 aromatic carbocycles. The van der Waals surface area contributed by atoms with Crippen molar-refractivity contribution in [1.82, 2.24) is 0 Å². The van der Waals surface area contributed by atoms with E-state index in [0.29, 0.717) is 35.9 Å². The summed E-state index contributed by atoms with van der Waals surface area (Å²) in [5.41, 5.74) is 1.51. The first-order chi connectivity index (χ1) is 14.9. The molecular formula is C23H24N2O5S. The van der Waals surface area contributed by atoms with E-state index in [1.54, 1.807) is 67.8 Å². The van der Waals surface area contributed by atoms with Gasteiger partial charge in [-0.3, -0.25) is 9.10 Å². The Bertz CT molecular complexity index is 1100. The van der Waals surface area contributed by atoms with Crippen LogP contribution in [0, 0.1) is 0 Å². The molecule has 0 spiro atoms. The van der Waals surface area contributed by atoms with Crippen molar-refractivity contribution in [2.75, 3.05) is 37.0 Å². The largest absolute Gasteiger partial charge is 0.491 e. The number of sulfonamides is 1. The number of anilines is 2. The number of benzene rings is 3. The van der Waals surface area contributed by atoms with Crippen LogP contribution in [0.1, 0.15) is 10.4 Å². The van der Waals surface area contributed by atoms with Crippen LogP contribution in [0.4, 0.5) is 11.4 Å². The van der Waals surface area contributed by atoms with E-state index in [1.807, 2.05) is 6.07 Å². The molecule has 7 nitrogen and oxygen atoms in total. The predicted octanol–water partition coefficient (Wildman–Crippen LogP) is 3.79. The molecule has 1 amide bonds. The lowest BCUT2D eigenvalue weighted by molar-refractivity contribution is 0.102. The van der Waals surface area contributed by atoms with Crippen molar-refractivity contribution < 1.29 is 22.7 Å². The lowest BCUT2D eigenvalue weighted by atomic mass is 10.2. The van der Waals surface area contributed by atoms with Gasteiger partial charge in [0.15, 0.2) is 0 Å². The Labute approximate surface area is 182 Å². The molecule has 0 bridgehead atoms. The molecule has 0 saturated carbocycles. The molecule has 0 heterocycles. The number of rotatable bonds is 9. The minimum absolute atomic E-state index is 0.134. The number of amides is 1. The van der Waals surface area contributed by atoms with Crippen LogP contribution in [0.25, 0.3) is 0 Å². The van der Waals surface area contributed by atoms with Crippen molar-refractivity contribution >= 4 is 27.3 Å². The fourth-order valence-electron chi connectivity index (χ4n) is 2.79. The van der Waals surface area contributed by atoms with Crippen molar-refractivity contribution in [1.29, 1.82) is 0 Å². The van der Waals surface area contributed by atoms with Crippen molar-refractivity contribution in [2.24, 2.45) is 0 Å². The van der Waals surface area contributed by atoms with Gasteiger partial charge in [-0.2, -0.15) is 0 Å². The highest BCUT2D eigenvalue weighted by Crippen LogP contribution is 2.23. The van der Waals surface area contributed by atoms with Gasteiger partial charge in [0.05, 0.1) is 17.2 Å². The Kier molecular flexibility index (Phi) is 7.28. The minimum Gasteiger partial charge on any atom is -0.491 e. The summed E-state index contributed by atoms with van der Waals surface area (Å²) >= 11 is 0. The lowest BCUT2D eigenvalue weighted by Gasteiger charge is -2.19. The van der Waals surface area contributed by atoms with Gasteiger partial charge in [-0.25, -0.2) is 8.42 Å². The van der Waals surface area contributed by atoms with Crippen molar-refractivity contribution in [2.45, 2.75) is 4.90 Å². The molecule has 3 rings (SSSR count). The van der Waals surface area contributed by atoms with Crippen molar-refractivity contribution in [3.8, 4) is 5.75 Å². The molecular weight excluding hydrogens is 416 g/mol. The minimum atomic E-state index is -3.71. The first-order valence-electron chi connectivity index (χ1n) is 9.59. The third-order valence-electron chi connectivity index (χ3n) is 4.56. The standard InChI is InChI=1S/C23H24N2O5S/c1-25(20-6-4-3-5-7-20)31(27,28)22-14-10-19(11-15-22)24-23(26)18-8-12-21(13-9-18)30-17-16-29-2/h3-15H,16-17H2,1-2H3,(H,24,26). The maximum atomic E-state index is 12.8. The Morgan fingerprint density at radius 3 is 2.16 bits per heavy atom. The number of hydrogen-bond donors (Lipinski definition) is 1. The highest BCUT2D eigenvalue weighted by Gasteiger charge is 2.21. The molecule has 0 fully saturated rings. The average molecular weight is 441 g/mol. The Hall–Kier alpha value is -3.36. The topological polar surface area (TPSA) is 84.9 Å². The zero-order chi connectivity index (χ0) is 22.3. The van der Waals surface area contributed by atoms with Crippen LogP contribution in [0.5, 0.6) is 5.75 Å². The second-order valence-electron chi connectivity index (χ2n) is 6.65. The second-order valence-corrected chi connectivity index (χ2v) is 8.62. The fourth-order valence-corrected chi connectivity index (χ4v) is 3.99. The number of hydrogen-bond acceptors (Lipinski definition) is 5. The molecule has 0 aromatic heterocycles. The summed E-state index contributed by atoms with van der Waals surface area (Å²) in [4.78, 5) is 12.6. The smallest absolute Gasteiger partial charge is 0.264 e. The Morgan fingerprint density at radius 2 is 1.55 bits per heavy atom. The van der Waals surface area contributed by atoms with Gasteiger partial charge in [0, 0.05) is 25.4 Å². The lowest BCUT2D eigenvalue weighted by Crippen LogP contribution is -2.26. The molecule has 0 unspecified atom stereocenters. The van der Waals surface area contributed by atoms with Gasteiger partial charge in [0.25, 0.3) is 15.9 Å². The molecule has 0 saturated heterocycles. The maximum Gasteiger partial charge on any atom is 0.264 e. The summed E-state index contributed by atoms with van der Waals surface area (Å²) in [6, 6.07) is 21.6. The normalized spacial score (nSPS) is 11.0. The SMILES string of the molecule is COCCOc1ccc(C(=O)Nc2ccc(S(=O)(=O)N(C)c3ccccc3)cc2)cc1. The number of carbonyl (C=O) groups is 1. The van der Waals surface area contributed by atoms with Crippen molar-refractivity contribution in [3.05, 3.63) is 84.4 Å². The Morgan fingerprint density at radius 1 is 0.903 bits per heavy atom. The number of nitrogens with one attached hydrogen (secondary N) is 1. The van der Waals surface area contributed by atoms with Gasteiger partial charge >= 0.3 is 0 Å². The van der Waals surface area contributed by atoms with Gasteiger partial charge in [-0.15, -0.1) is 0 Å². The van der Waals surface area contributed by atoms with E-state index in [9.17, 15) is 13.2 Å². The van der Waals surface area contributed by atoms with E-state index >= 15 is 0 Å². The van der Waals surface area contributed by atoms with Crippen LogP contribution < -0.4 is 14.4 Å². The van der Waals surface area contributed by atoms with Crippen LogP contribution in [0.15, 0.2) is 83.8 Å². The highest BCUT2D eigenvalue weighted by molar-refractivity contribution is 7.92. The van der Waals surface area contributed by atoms with Crippen LogP contribution in [-0.2, 0) is 14.8 Å². The number of ether oxygens (including phenoxy) is 2. The molecule has 3 aromatic rings. The number of methoxy groups -OCH3 is 1. The van der Waals surface area contributed by atoms with Gasteiger partial charge < -0.3 is 14.8 Å². The zero-order valence-electron chi connectivity index (χ0n) is 17.3. The quantitative estimate of drug-likeness (QED) is 0.512. The molecule has 8 heteroatoms. The second kappa shape index (κ2) is 10.1. The monoisotopic (exact) mass is 440 g/mol. The van der Waals surface area contributed by atoms with E-state index in [-0.39, 0.29) is 10.8 Å². The fraction of sp³-hybridized carbons (Fsp3) is 0.174. The summed E-state index contributed by atoms with van der Waals surface area (Å²) in [5.74, 6) is 0.339. The summed E-state index contributed by atoms with van der Waals surface area (Å²) in [6.45, 7) is 0.909. The van der Waals surface area contributed by atoms with Gasteiger partial charge in [-0.1, -0.05) is 18.2 Å². The Balaban J connectivity index is 1.65. The van der Waals surface area contributed by atoms with Gasteiger partial charge in [0.1, 0.15) is 12.4 Å². The van der Waals surface area contributed by atoms with Gasteiger partial charge in [-0.05, 0) is 60.7 Å². The molecule has 31 heavy (non-hydrogen) atoms. The van der Waals surface area contributed by atoms with Crippen LogP contribution in [0.3, 0.4) is 0 Å². The molecule has 162 valence electrons. The van der Waals surface area contributed by atoms with E-state index in [0.717, 1.165) is 0 Å². The first-order valence-corrected chi connectivity index (χ1v) is 11.0. The number of nitrogens with zero attached hydrogens (tertiary/aromatic N) is 1. The summed E-state index contributed by atoms with van der Waals surface area (Å²) in [7, 11) is -0.606. The third-order valence-corrected chi connectivity index (χ3v) is 6.36. The molecule has 0 atom stereocenters. The number of carbonyl (C=O) groups excluding carboxylic acids is 1. The van der Waals surface area contributed by atoms with E-state index in [1.165, 1.54) is 23.5 Å². The summed E-state index contributed by atoms with van der Waals surface area (Å²) in [6.07, 6.45) is 0. The molecule has 0 aliphatic carbocycles. The zero-order valence-corrected chi connectivity index (χ0v) is 18.1. The summed E-state index contributed by atoms with van der Waals surface area (Å²) < 4.78 is 37.3.